The Morgan fingerprint density at radius 3 is 2.47 bits per heavy atom. The molecule has 0 unspecified atom stereocenters. The van der Waals surface area contributed by atoms with Crippen molar-refractivity contribution >= 4 is 0 Å². The minimum atomic E-state index is -0.293. The SMILES string of the molecule is Cc1nn(-c2ccc(CN)cc2F)c(C)c1C. The van der Waals surface area contributed by atoms with E-state index in [9.17, 15) is 4.39 Å². The van der Waals surface area contributed by atoms with E-state index in [0.717, 1.165) is 22.5 Å². The second-order valence-electron chi connectivity index (χ2n) is 4.20. The molecule has 4 heteroatoms. The smallest absolute Gasteiger partial charge is 0.149 e. The molecular formula is C13H16FN3. The molecule has 0 fully saturated rings. The molecule has 0 bridgehead atoms. The van der Waals surface area contributed by atoms with E-state index < -0.39 is 0 Å². The van der Waals surface area contributed by atoms with Gasteiger partial charge >= 0.3 is 0 Å². The Morgan fingerprint density at radius 1 is 1.29 bits per heavy atom. The van der Waals surface area contributed by atoms with Gasteiger partial charge in [0, 0.05) is 12.2 Å². The van der Waals surface area contributed by atoms with Crippen LogP contribution in [-0.4, -0.2) is 9.78 Å². The zero-order valence-electron chi connectivity index (χ0n) is 10.3. The average Bonchev–Trinajstić information content (AvgIpc) is 2.57. The second-order valence-corrected chi connectivity index (χ2v) is 4.20. The number of benzene rings is 1. The maximum Gasteiger partial charge on any atom is 0.149 e. The fraction of sp³-hybridized carbons (Fsp3) is 0.308. The summed E-state index contributed by atoms with van der Waals surface area (Å²) in [6.07, 6.45) is 0. The number of aryl methyl sites for hydroxylation is 1. The number of nitrogens with two attached hydrogens (primary N) is 1. The van der Waals surface area contributed by atoms with Crippen molar-refractivity contribution in [2.24, 2.45) is 5.73 Å². The largest absolute Gasteiger partial charge is 0.326 e. The van der Waals surface area contributed by atoms with Gasteiger partial charge in [0.15, 0.2) is 0 Å². The molecule has 0 saturated heterocycles. The van der Waals surface area contributed by atoms with Crippen LogP contribution >= 0.6 is 0 Å². The zero-order chi connectivity index (χ0) is 12.6. The standard InChI is InChI=1S/C13H16FN3/c1-8-9(2)16-17(10(8)3)13-5-4-11(7-15)6-12(13)14/h4-6H,7,15H2,1-3H3. The molecule has 2 N–H and O–H groups in total. The lowest BCUT2D eigenvalue weighted by Crippen LogP contribution is -2.04. The van der Waals surface area contributed by atoms with Gasteiger partial charge in [-0.25, -0.2) is 9.07 Å². The summed E-state index contributed by atoms with van der Waals surface area (Å²) in [5, 5.41) is 4.34. The lowest BCUT2D eigenvalue weighted by Gasteiger charge is -2.07. The van der Waals surface area contributed by atoms with Crippen molar-refractivity contribution in [2.75, 3.05) is 0 Å². The van der Waals surface area contributed by atoms with Gasteiger partial charge in [-0.3, -0.25) is 0 Å². The van der Waals surface area contributed by atoms with Crippen LogP contribution < -0.4 is 5.73 Å². The van der Waals surface area contributed by atoms with Crippen molar-refractivity contribution < 1.29 is 4.39 Å². The van der Waals surface area contributed by atoms with Crippen LogP contribution in [-0.2, 0) is 6.54 Å². The van der Waals surface area contributed by atoms with Gasteiger partial charge in [-0.15, -0.1) is 0 Å². The maximum atomic E-state index is 13.9. The van der Waals surface area contributed by atoms with Crippen LogP contribution in [0.25, 0.3) is 5.69 Å². The number of rotatable bonds is 2. The van der Waals surface area contributed by atoms with E-state index in [1.807, 2.05) is 26.8 Å². The Bertz CT molecular complexity index is 558. The Hall–Kier alpha value is -1.68. The van der Waals surface area contributed by atoms with E-state index in [2.05, 4.69) is 5.10 Å². The first-order chi connectivity index (χ1) is 8.04. The Balaban J connectivity index is 2.57. The molecule has 1 aromatic carbocycles. The quantitative estimate of drug-likeness (QED) is 0.865. The highest BCUT2D eigenvalue weighted by Gasteiger charge is 2.12. The second kappa shape index (κ2) is 4.30. The molecular weight excluding hydrogens is 217 g/mol. The van der Waals surface area contributed by atoms with Gasteiger partial charge in [0.25, 0.3) is 0 Å². The zero-order valence-corrected chi connectivity index (χ0v) is 10.3. The third kappa shape index (κ3) is 1.96. The predicted octanol–water partition coefficient (Wildman–Crippen LogP) is 2.40. The van der Waals surface area contributed by atoms with Gasteiger partial charge in [0.1, 0.15) is 11.5 Å². The lowest BCUT2D eigenvalue weighted by atomic mass is 10.2. The third-order valence-electron chi connectivity index (χ3n) is 3.13. The highest BCUT2D eigenvalue weighted by Crippen LogP contribution is 2.20. The predicted molar refractivity (Wildman–Crippen MR) is 65.6 cm³/mol. The molecule has 0 saturated carbocycles. The normalized spacial score (nSPS) is 10.9. The van der Waals surface area contributed by atoms with Crippen molar-refractivity contribution in [3.05, 3.63) is 46.5 Å². The van der Waals surface area contributed by atoms with E-state index in [1.54, 1.807) is 10.7 Å². The molecule has 3 nitrogen and oxygen atoms in total. The molecule has 1 aromatic heterocycles. The van der Waals surface area contributed by atoms with Crippen molar-refractivity contribution in [3.8, 4) is 5.69 Å². The van der Waals surface area contributed by atoms with Crippen LogP contribution in [0.15, 0.2) is 18.2 Å². The molecule has 2 aromatic rings. The monoisotopic (exact) mass is 233 g/mol. The van der Waals surface area contributed by atoms with Gasteiger partial charge in [-0.1, -0.05) is 6.07 Å². The number of nitrogens with zero attached hydrogens (tertiary/aromatic N) is 2. The molecule has 2 rings (SSSR count). The van der Waals surface area contributed by atoms with Gasteiger partial charge < -0.3 is 5.73 Å². The fourth-order valence-corrected chi connectivity index (χ4v) is 1.80. The number of aromatic nitrogens is 2. The highest BCUT2D eigenvalue weighted by atomic mass is 19.1. The minimum Gasteiger partial charge on any atom is -0.326 e. The van der Waals surface area contributed by atoms with E-state index in [0.29, 0.717) is 12.2 Å². The van der Waals surface area contributed by atoms with Gasteiger partial charge in [-0.2, -0.15) is 5.10 Å². The van der Waals surface area contributed by atoms with Crippen molar-refractivity contribution in [2.45, 2.75) is 27.3 Å². The first-order valence-corrected chi connectivity index (χ1v) is 5.56. The Morgan fingerprint density at radius 2 is 2.00 bits per heavy atom. The molecule has 0 radical (unpaired) electrons. The summed E-state index contributed by atoms with van der Waals surface area (Å²) in [4.78, 5) is 0. The molecule has 0 aliphatic carbocycles. The topological polar surface area (TPSA) is 43.8 Å². The van der Waals surface area contributed by atoms with Crippen LogP contribution in [0.2, 0.25) is 0 Å². The molecule has 17 heavy (non-hydrogen) atoms. The van der Waals surface area contributed by atoms with Crippen LogP contribution in [0, 0.1) is 26.6 Å². The summed E-state index contributed by atoms with van der Waals surface area (Å²) >= 11 is 0. The van der Waals surface area contributed by atoms with E-state index in [1.165, 1.54) is 6.07 Å². The fourth-order valence-electron chi connectivity index (χ4n) is 1.80. The third-order valence-corrected chi connectivity index (χ3v) is 3.13. The van der Waals surface area contributed by atoms with E-state index >= 15 is 0 Å². The summed E-state index contributed by atoms with van der Waals surface area (Å²) in [5.74, 6) is -0.293. The summed E-state index contributed by atoms with van der Waals surface area (Å²) in [6, 6.07) is 5.00. The van der Waals surface area contributed by atoms with Crippen molar-refractivity contribution in [3.63, 3.8) is 0 Å². The van der Waals surface area contributed by atoms with Crippen LogP contribution in [0.4, 0.5) is 4.39 Å². The first kappa shape index (κ1) is 11.8. The van der Waals surface area contributed by atoms with Gasteiger partial charge in [0.2, 0.25) is 0 Å². The van der Waals surface area contributed by atoms with E-state index in [-0.39, 0.29) is 5.82 Å². The Labute approximate surface area is 100 Å². The molecule has 0 amide bonds. The molecule has 90 valence electrons. The summed E-state index contributed by atoms with van der Waals surface area (Å²) in [6.45, 7) is 6.18. The van der Waals surface area contributed by atoms with Crippen molar-refractivity contribution in [1.29, 1.82) is 0 Å². The van der Waals surface area contributed by atoms with Crippen LogP contribution in [0.1, 0.15) is 22.5 Å². The number of hydrogen-bond donors (Lipinski definition) is 1. The molecule has 0 spiro atoms. The summed E-state index contributed by atoms with van der Waals surface area (Å²) in [5.41, 5.74) is 9.70. The minimum absolute atomic E-state index is 0.293. The summed E-state index contributed by atoms with van der Waals surface area (Å²) < 4.78 is 15.6. The van der Waals surface area contributed by atoms with Gasteiger partial charge in [-0.05, 0) is 44.0 Å². The Kier molecular flexibility index (Phi) is 2.98. The molecule has 0 atom stereocenters. The van der Waals surface area contributed by atoms with Crippen LogP contribution in [0.3, 0.4) is 0 Å². The van der Waals surface area contributed by atoms with Gasteiger partial charge in [0.05, 0.1) is 5.69 Å². The molecule has 0 aliphatic heterocycles. The maximum absolute atomic E-state index is 13.9. The van der Waals surface area contributed by atoms with Crippen molar-refractivity contribution in [1.82, 2.24) is 9.78 Å². The van der Waals surface area contributed by atoms with Crippen LogP contribution in [0.5, 0.6) is 0 Å². The number of halogens is 1. The molecule has 0 aliphatic rings. The molecule has 1 heterocycles. The number of hydrogen-bond acceptors (Lipinski definition) is 2. The highest BCUT2D eigenvalue weighted by molar-refractivity contribution is 5.39. The van der Waals surface area contributed by atoms with E-state index in [4.69, 9.17) is 5.73 Å². The lowest BCUT2D eigenvalue weighted by molar-refractivity contribution is 0.605. The first-order valence-electron chi connectivity index (χ1n) is 5.56. The summed E-state index contributed by atoms with van der Waals surface area (Å²) in [7, 11) is 0. The average molecular weight is 233 g/mol.